The lowest BCUT2D eigenvalue weighted by Crippen LogP contribution is -2.29. The predicted molar refractivity (Wildman–Crippen MR) is 129 cm³/mol. The van der Waals surface area contributed by atoms with Crippen LogP contribution in [0.15, 0.2) is 71.6 Å². The number of Topliss-reactive ketones (excluding diaryl/α,β-unsaturated/α-hetero) is 1. The molecule has 1 amide bonds. The molecule has 1 fully saturated rings. The average Bonchev–Trinajstić information content (AvgIpc) is 3.44. The number of aliphatic hydroxyl groups is 1. The SMILES string of the molecule is COc1ccc(N2C(=O)C(=O)/C(=C(\O)c3cccc(OCC(C)C)c3)C2c2cccs2)cc1. The van der Waals surface area contributed by atoms with Gasteiger partial charge in [0.25, 0.3) is 11.7 Å². The molecule has 1 aliphatic heterocycles. The Kier molecular flexibility index (Phi) is 6.51. The molecule has 1 aliphatic rings. The van der Waals surface area contributed by atoms with Crippen molar-refractivity contribution in [3.05, 3.63) is 82.1 Å². The Labute approximate surface area is 196 Å². The number of benzene rings is 2. The van der Waals surface area contributed by atoms with E-state index in [1.807, 2.05) is 31.4 Å². The molecule has 33 heavy (non-hydrogen) atoms. The Morgan fingerprint density at radius 1 is 1.06 bits per heavy atom. The van der Waals surface area contributed by atoms with Crippen molar-refractivity contribution in [3.8, 4) is 11.5 Å². The Bertz CT molecular complexity index is 1180. The largest absolute Gasteiger partial charge is 0.507 e. The maximum Gasteiger partial charge on any atom is 0.300 e. The number of aliphatic hydroxyl groups excluding tert-OH is 1. The maximum absolute atomic E-state index is 13.2. The monoisotopic (exact) mass is 463 g/mol. The smallest absolute Gasteiger partial charge is 0.300 e. The number of hydrogen-bond donors (Lipinski definition) is 1. The van der Waals surface area contributed by atoms with Gasteiger partial charge >= 0.3 is 0 Å². The van der Waals surface area contributed by atoms with Crippen molar-refractivity contribution in [3.63, 3.8) is 0 Å². The van der Waals surface area contributed by atoms with Crippen LogP contribution < -0.4 is 14.4 Å². The van der Waals surface area contributed by atoms with Gasteiger partial charge in [0.1, 0.15) is 23.3 Å². The Balaban J connectivity index is 1.81. The van der Waals surface area contributed by atoms with Crippen LogP contribution in [-0.4, -0.2) is 30.5 Å². The van der Waals surface area contributed by atoms with Gasteiger partial charge in [-0.2, -0.15) is 0 Å². The van der Waals surface area contributed by atoms with Crippen molar-refractivity contribution in [1.29, 1.82) is 0 Å². The van der Waals surface area contributed by atoms with E-state index in [4.69, 9.17) is 9.47 Å². The minimum Gasteiger partial charge on any atom is -0.507 e. The summed E-state index contributed by atoms with van der Waals surface area (Å²) in [6.07, 6.45) is 0. The van der Waals surface area contributed by atoms with Crippen LogP contribution in [0.25, 0.3) is 5.76 Å². The van der Waals surface area contributed by atoms with E-state index in [-0.39, 0.29) is 11.3 Å². The van der Waals surface area contributed by atoms with E-state index in [2.05, 4.69) is 0 Å². The van der Waals surface area contributed by atoms with E-state index >= 15 is 0 Å². The highest BCUT2D eigenvalue weighted by atomic mass is 32.1. The zero-order chi connectivity index (χ0) is 23.5. The van der Waals surface area contributed by atoms with Crippen LogP contribution in [0.4, 0.5) is 5.69 Å². The molecule has 0 saturated carbocycles. The van der Waals surface area contributed by atoms with Crippen molar-refractivity contribution < 1.29 is 24.2 Å². The second-order valence-electron chi connectivity index (χ2n) is 8.12. The molecule has 1 atom stereocenters. The number of ether oxygens (including phenoxy) is 2. The summed E-state index contributed by atoms with van der Waals surface area (Å²) >= 11 is 1.42. The standard InChI is InChI=1S/C26H25NO5S/c1-16(2)15-32-20-7-4-6-17(14-20)24(28)22-23(21-8-5-13-33-21)27(26(30)25(22)29)18-9-11-19(31-3)12-10-18/h4-14,16,23,28H,15H2,1-3H3/b24-22-. The highest BCUT2D eigenvalue weighted by molar-refractivity contribution is 7.10. The number of hydrogen-bond acceptors (Lipinski definition) is 6. The summed E-state index contributed by atoms with van der Waals surface area (Å²) in [5, 5.41) is 13.1. The molecule has 6 nitrogen and oxygen atoms in total. The van der Waals surface area contributed by atoms with Crippen LogP contribution in [0.3, 0.4) is 0 Å². The third kappa shape index (κ3) is 4.50. The molecule has 0 bridgehead atoms. The summed E-state index contributed by atoms with van der Waals surface area (Å²) in [6.45, 7) is 4.62. The van der Waals surface area contributed by atoms with E-state index in [0.29, 0.717) is 35.3 Å². The van der Waals surface area contributed by atoms with Gasteiger partial charge in [-0.25, -0.2) is 0 Å². The first kappa shape index (κ1) is 22.6. The number of methoxy groups -OCH3 is 1. The molecule has 2 heterocycles. The van der Waals surface area contributed by atoms with Crippen molar-refractivity contribution in [2.75, 3.05) is 18.6 Å². The van der Waals surface area contributed by atoms with Crippen LogP contribution in [0.5, 0.6) is 11.5 Å². The molecule has 1 saturated heterocycles. The third-order valence-electron chi connectivity index (χ3n) is 5.30. The van der Waals surface area contributed by atoms with Gasteiger partial charge in [-0.3, -0.25) is 14.5 Å². The number of nitrogens with zero attached hydrogens (tertiary/aromatic N) is 1. The minimum atomic E-state index is -0.737. The van der Waals surface area contributed by atoms with Crippen LogP contribution in [0.1, 0.15) is 30.3 Å². The number of carbonyl (C=O) groups is 2. The lowest BCUT2D eigenvalue weighted by Gasteiger charge is -2.24. The van der Waals surface area contributed by atoms with Gasteiger partial charge in [0.05, 0.1) is 19.3 Å². The third-order valence-corrected chi connectivity index (χ3v) is 6.22. The Morgan fingerprint density at radius 3 is 2.45 bits per heavy atom. The molecule has 7 heteroatoms. The number of amides is 1. The van der Waals surface area contributed by atoms with E-state index in [1.165, 1.54) is 16.2 Å². The number of rotatable bonds is 7. The fraction of sp³-hybridized carbons (Fsp3) is 0.231. The van der Waals surface area contributed by atoms with Gasteiger partial charge in [0, 0.05) is 16.1 Å². The molecule has 4 rings (SSSR count). The summed E-state index contributed by atoms with van der Waals surface area (Å²) in [7, 11) is 1.56. The first-order valence-corrected chi connectivity index (χ1v) is 11.5. The van der Waals surface area contributed by atoms with Gasteiger partial charge in [-0.05, 0) is 53.8 Å². The van der Waals surface area contributed by atoms with E-state index in [9.17, 15) is 14.7 Å². The van der Waals surface area contributed by atoms with Gasteiger partial charge in [0.15, 0.2) is 0 Å². The molecule has 3 aromatic rings. The number of carbonyl (C=O) groups excluding carboxylic acids is 2. The number of ketones is 1. The zero-order valence-electron chi connectivity index (χ0n) is 18.6. The molecule has 0 aliphatic carbocycles. The predicted octanol–water partition coefficient (Wildman–Crippen LogP) is 5.42. The summed E-state index contributed by atoms with van der Waals surface area (Å²) in [5.41, 5.74) is 1.02. The van der Waals surface area contributed by atoms with Crippen molar-refractivity contribution >= 4 is 34.5 Å². The minimum absolute atomic E-state index is 0.0549. The number of thiophene rings is 1. The van der Waals surface area contributed by atoms with Gasteiger partial charge < -0.3 is 14.6 Å². The Hall–Kier alpha value is -3.58. The average molecular weight is 464 g/mol. The first-order chi connectivity index (χ1) is 15.9. The van der Waals surface area contributed by atoms with Crippen molar-refractivity contribution in [2.24, 2.45) is 5.92 Å². The van der Waals surface area contributed by atoms with E-state index in [0.717, 1.165) is 4.88 Å². The summed E-state index contributed by atoms with van der Waals surface area (Å²) in [5.74, 6) is -0.0674. The van der Waals surface area contributed by atoms with Crippen molar-refractivity contribution in [1.82, 2.24) is 0 Å². The zero-order valence-corrected chi connectivity index (χ0v) is 19.5. The number of anilines is 1. The molecule has 0 radical (unpaired) electrons. The second-order valence-corrected chi connectivity index (χ2v) is 9.09. The normalized spacial score (nSPS) is 17.6. The quantitative estimate of drug-likeness (QED) is 0.288. The van der Waals surface area contributed by atoms with Crippen LogP contribution >= 0.6 is 11.3 Å². The molecule has 170 valence electrons. The molecule has 0 spiro atoms. The summed E-state index contributed by atoms with van der Waals surface area (Å²) in [4.78, 5) is 28.5. The molecular formula is C26H25NO5S. The fourth-order valence-electron chi connectivity index (χ4n) is 3.71. The fourth-order valence-corrected chi connectivity index (χ4v) is 4.53. The van der Waals surface area contributed by atoms with Crippen LogP contribution in [0, 0.1) is 5.92 Å². The lowest BCUT2D eigenvalue weighted by molar-refractivity contribution is -0.132. The first-order valence-electron chi connectivity index (χ1n) is 10.6. The molecular weight excluding hydrogens is 438 g/mol. The van der Waals surface area contributed by atoms with Crippen LogP contribution in [-0.2, 0) is 9.59 Å². The second kappa shape index (κ2) is 9.50. The Morgan fingerprint density at radius 2 is 1.82 bits per heavy atom. The van der Waals surface area contributed by atoms with Gasteiger partial charge in [-0.1, -0.05) is 32.0 Å². The molecule has 1 unspecified atom stereocenters. The molecule has 1 N–H and O–H groups in total. The van der Waals surface area contributed by atoms with Crippen LogP contribution in [0.2, 0.25) is 0 Å². The summed E-state index contributed by atoms with van der Waals surface area (Å²) in [6, 6.07) is 16.8. The van der Waals surface area contributed by atoms with Gasteiger partial charge in [-0.15, -0.1) is 11.3 Å². The topological polar surface area (TPSA) is 76.1 Å². The van der Waals surface area contributed by atoms with Crippen molar-refractivity contribution in [2.45, 2.75) is 19.9 Å². The highest BCUT2D eigenvalue weighted by Gasteiger charge is 2.47. The maximum atomic E-state index is 13.2. The molecule has 2 aromatic carbocycles. The highest BCUT2D eigenvalue weighted by Crippen LogP contribution is 2.44. The summed E-state index contributed by atoms with van der Waals surface area (Å²) < 4.78 is 11.0. The lowest BCUT2D eigenvalue weighted by atomic mass is 9.99. The van der Waals surface area contributed by atoms with Gasteiger partial charge in [0.2, 0.25) is 0 Å². The van der Waals surface area contributed by atoms with E-state index in [1.54, 1.807) is 55.6 Å². The van der Waals surface area contributed by atoms with E-state index < -0.39 is 17.7 Å². The molecule has 1 aromatic heterocycles.